The monoisotopic (exact) mass is 188 g/mol. The first kappa shape index (κ1) is 10.7. The fourth-order valence-electron chi connectivity index (χ4n) is 1.10. The number of methoxy groups -OCH3 is 1. The van der Waals surface area contributed by atoms with Crippen LogP contribution in [0, 0.1) is 11.8 Å². The molecule has 0 aliphatic rings. The van der Waals surface area contributed by atoms with Gasteiger partial charge in [-0.15, -0.1) is 0 Å². The largest absolute Gasteiger partial charge is 0.497 e. The molecule has 0 aliphatic carbocycles. The highest BCUT2D eigenvalue weighted by molar-refractivity contribution is 5.38. The van der Waals surface area contributed by atoms with E-state index in [2.05, 4.69) is 18.8 Å². The molecule has 1 nitrogen and oxygen atoms in total. The zero-order valence-corrected chi connectivity index (χ0v) is 8.84. The molecular formula is C13H16O. The molecule has 0 atom stereocenters. The highest BCUT2D eigenvalue weighted by Crippen LogP contribution is 2.10. The number of hydrogen-bond donors (Lipinski definition) is 0. The minimum absolute atomic E-state index is 0.879. The quantitative estimate of drug-likeness (QED) is 0.522. The van der Waals surface area contributed by atoms with Crippen molar-refractivity contribution < 1.29 is 4.74 Å². The van der Waals surface area contributed by atoms with Crippen molar-refractivity contribution in [2.75, 3.05) is 7.11 Å². The zero-order chi connectivity index (χ0) is 10.2. The lowest BCUT2D eigenvalue weighted by molar-refractivity contribution is 0.415. The molecule has 1 aromatic carbocycles. The van der Waals surface area contributed by atoms with Crippen LogP contribution in [0.25, 0.3) is 0 Å². The summed E-state index contributed by atoms with van der Waals surface area (Å²) < 4.78 is 5.06. The molecule has 0 unspecified atom stereocenters. The van der Waals surface area contributed by atoms with Crippen LogP contribution < -0.4 is 4.74 Å². The second kappa shape index (κ2) is 6.10. The summed E-state index contributed by atoms with van der Waals surface area (Å²) >= 11 is 0. The van der Waals surface area contributed by atoms with Gasteiger partial charge in [0.15, 0.2) is 0 Å². The third-order valence-electron chi connectivity index (χ3n) is 1.98. The molecule has 0 saturated heterocycles. The first-order valence-electron chi connectivity index (χ1n) is 4.99. The van der Waals surface area contributed by atoms with Crippen LogP contribution >= 0.6 is 0 Å². The van der Waals surface area contributed by atoms with E-state index in [1.165, 1.54) is 12.8 Å². The molecule has 0 spiro atoms. The van der Waals surface area contributed by atoms with Gasteiger partial charge in [0.25, 0.3) is 0 Å². The van der Waals surface area contributed by atoms with Crippen molar-refractivity contribution in [3.63, 3.8) is 0 Å². The lowest BCUT2D eigenvalue weighted by Gasteiger charge is -1.97. The van der Waals surface area contributed by atoms with Crippen molar-refractivity contribution in [1.29, 1.82) is 0 Å². The van der Waals surface area contributed by atoms with Gasteiger partial charge in [-0.05, 0) is 30.7 Å². The predicted octanol–water partition coefficient (Wildman–Crippen LogP) is 3.24. The normalized spacial score (nSPS) is 9.00. The fourth-order valence-corrected chi connectivity index (χ4v) is 1.10. The predicted molar refractivity (Wildman–Crippen MR) is 59.4 cm³/mol. The molecule has 0 amide bonds. The number of ether oxygens (including phenoxy) is 1. The molecule has 0 saturated carbocycles. The van der Waals surface area contributed by atoms with E-state index in [1.54, 1.807) is 7.11 Å². The van der Waals surface area contributed by atoms with Crippen LogP contribution in [0.1, 0.15) is 31.7 Å². The van der Waals surface area contributed by atoms with Crippen LogP contribution in [-0.4, -0.2) is 7.11 Å². The average Bonchev–Trinajstić information content (AvgIpc) is 2.25. The van der Waals surface area contributed by atoms with E-state index in [0.29, 0.717) is 0 Å². The van der Waals surface area contributed by atoms with Gasteiger partial charge in [-0.25, -0.2) is 0 Å². The first-order valence-corrected chi connectivity index (χ1v) is 4.99. The number of hydrogen-bond acceptors (Lipinski definition) is 1. The number of unbranched alkanes of at least 4 members (excludes halogenated alkanes) is 2. The van der Waals surface area contributed by atoms with Crippen molar-refractivity contribution in [1.82, 2.24) is 0 Å². The molecule has 0 aliphatic heterocycles. The molecule has 0 aromatic heterocycles. The lowest BCUT2D eigenvalue weighted by atomic mass is 10.2. The molecule has 1 aromatic rings. The molecule has 0 radical (unpaired) electrons. The highest BCUT2D eigenvalue weighted by atomic mass is 16.5. The van der Waals surface area contributed by atoms with E-state index < -0.39 is 0 Å². The van der Waals surface area contributed by atoms with Crippen LogP contribution in [0.4, 0.5) is 0 Å². The van der Waals surface area contributed by atoms with Gasteiger partial charge in [0.1, 0.15) is 5.75 Å². The summed E-state index contributed by atoms with van der Waals surface area (Å²) in [5.41, 5.74) is 1.06. The number of rotatable bonds is 3. The molecule has 1 rings (SSSR count). The second-order valence-electron chi connectivity index (χ2n) is 3.13. The molecule has 0 heterocycles. The summed E-state index contributed by atoms with van der Waals surface area (Å²) in [6.07, 6.45) is 3.38. The van der Waals surface area contributed by atoms with Crippen LogP contribution in [0.5, 0.6) is 5.75 Å². The van der Waals surface area contributed by atoms with Gasteiger partial charge < -0.3 is 4.74 Å². The molecule has 0 N–H and O–H groups in total. The summed E-state index contributed by atoms with van der Waals surface area (Å²) in [7, 11) is 1.67. The Hall–Kier alpha value is -1.42. The van der Waals surface area contributed by atoms with Gasteiger partial charge in [-0.3, -0.25) is 0 Å². The Labute approximate surface area is 86.1 Å². The minimum Gasteiger partial charge on any atom is -0.497 e. The van der Waals surface area contributed by atoms with Gasteiger partial charge in [0.2, 0.25) is 0 Å². The maximum absolute atomic E-state index is 5.06. The Morgan fingerprint density at radius 1 is 1.21 bits per heavy atom. The molecule has 14 heavy (non-hydrogen) atoms. The van der Waals surface area contributed by atoms with Crippen LogP contribution in [-0.2, 0) is 0 Å². The van der Waals surface area contributed by atoms with Crippen LogP contribution in [0.3, 0.4) is 0 Å². The van der Waals surface area contributed by atoms with Crippen molar-refractivity contribution in [3.8, 4) is 17.6 Å². The zero-order valence-electron chi connectivity index (χ0n) is 8.84. The standard InChI is InChI=1S/C13H16O/c1-3-4-5-6-7-12-8-10-13(14-2)11-9-12/h8-11H,3-5H2,1-2H3. The van der Waals surface area contributed by atoms with E-state index in [-0.39, 0.29) is 0 Å². The van der Waals surface area contributed by atoms with E-state index in [0.717, 1.165) is 17.7 Å². The summed E-state index contributed by atoms with van der Waals surface area (Å²) in [5, 5.41) is 0. The van der Waals surface area contributed by atoms with Gasteiger partial charge in [0, 0.05) is 12.0 Å². The summed E-state index contributed by atoms with van der Waals surface area (Å²) in [4.78, 5) is 0. The Bertz CT molecular complexity index is 313. The fraction of sp³-hybridized carbons (Fsp3) is 0.385. The van der Waals surface area contributed by atoms with Gasteiger partial charge >= 0.3 is 0 Å². The summed E-state index contributed by atoms with van der Waals surface area (Å²) in [6, 6.07) is 7.84. The Balaban J connectivity index is 2.53. The van der Waals surface area contributed by atoms with Crippen molar-refractivity contribution in [2.24, 2.45) is 0 Å². The topological polar surface area (TPSA) is 9.23 Å². The summed E-state index contributed by atoms with van der Waals surface area (Å²) in [5.74, 6) is 7.15. The maximum atomic E-state index is 5.06. The van der Waals surface area contributed by atoms with Gasteiger partial charge in [-0.2, -0.15) is 0 Å². The van der Waals surface area contributed by atoms with E-state index >= 15 is 0 Å². The number of benzene rings is 1. The Morgan fingerprint density at radius 2 is 1.93 bits per heavy atom. The van der Waals surface area contributed by atoms with E-state index in [4.69, 9.17) is 4.74 Å². The van der Waals surface area contributed by atoms with Crippen LogP contribution in [0.15, 0.2) is 24.3 Å². The third-order valence-corrected chi connectivity index (χ3v) is 1.98. The van der Waals surface area contributed by atoms with E-state index in [9.17, 15) is 0 Å². The van der Waals surface area contributed by atoms with Crippen molar-refractivity contribution in [3.05, 3.63) is 29.8 Å². The van der Waals surface area contributed by atoms with Gasteiger partial charge in [0.05, 0.1) is 7.11 Å². The lowest BCUT2D eigenvalue weighted by Crippen LogP contribution is -1.81. The smallest absolute Gasteiger partial charge is 0.118 e. The average molecular weight is 188 g/mol. The van der Waals surface area contributed by atoms with Crippen molar-refractivity contribution in [2.45, 2.75) is 26.2 Å². The van der Waals surface area contributed by atoms with Gasteiger partial charge in [-0.1, -0.05) is 25.2 Å². The highest BCUT2D eigenvalue weighted by Gasteiger charge is 1.89. The maximum Gasteiger partial charge on any atom is 0.118 e. The van der Waals surface area contributed by atoms with Crippen molar-refractivity contribution >= 4 is 0 Å². The minimum atomic E-state index is 0.879. The summed E-state index contributed by atoms with van der Waals surface area (Å²) in [6.45, 7) is 2.18. The SMILES string of the molecule is CCCCC#Cc1ccc(OC)cc1. The van der Waals surface area contributed by atoms with Crippen LogP contribution in [0.2, 0.25) is 0 Å². The Kier molecular flexibility index (Phi) is 4.64. The first-order chi connectivity index (χ1) is 6.86. The Morgan fingerprint density at radius 3 is 2.50 bits per heavy atom. The molecule has 0 fully saturated rings. The molecular weight excluding hydrogens is 172 g/mol. The molecule has 74 valence electrons. The molecule has 0 bridgehead atoms. The molecule has 1 heteroatoms. The third kappa shape index (κ3) is 3.53. The second-order valence-corrected chi connectivity index (χ2v) is 3.13. The van der Waals surface area contributed by atoms with E-state index in [1.807, 2.05) is 24.3 Å².